The molecule has 1 aliphatic rings. The molecule has 0 amide bonds. The number of hydrogen-bond donors (Lipinski definition) is 1. The molecule has 0 spiro atoms. The van der Waals surface area contributed by atoms with E-state index in [1.165, 1.54) is 0 Å². The van der Waals surface area contributed by atoms with Crippen molar-refractivity contribution < 1.29 is 13.2 Å². The normalized spacial score (nSPS) is 24.0. The average molecular weight is 308 g/mol. The first kappa shape index (κ1) is 18.8. The lowest BCUT2D eigenvalue weighted by Crippen LogP contribution is -2.48. The van der Waals surface area contributed by atoms with Crippen LogP contribution in [0.2, 0.25) is 0 Å². The largest absolute Gasteiger partial charge is 0.393 e. The van der Waals surface area contributed by atoms with Crippen molar-refractivity contribution in [3.8, 4) is 0 Å². The summed E-state index contributed by atoms with van der Waals surface area (Å²) in [5, 5.41) is 3.44. The fourth-order valence-electron chi connectivity index (χ4n) is 3.40. The third kappa shape index (κ3) is 6.55. The zero-order chi connectivity index (χ0) is 15.9. The molecule has 2 unspecified atom stereocenters. The van der Waals surface area contributed by atoms with E-state index < -0.39 is 12.1 Å². The Kier molecular flexibility index (Phi) is 7.48. The van der Waals surface area contributed by atoms with Crippen molar-refractivity contribution in [2.75, 3.05) is 32.7 Å². The third-order valence-electron chi connectivity index (χ3n) is 4.41. The Morgan fingerprint density at radius 3 is 2.48 bits per heavy atom. The molecule has 2 nitrogen and oxygen atoms in total. The Hall–Kier alpha value is -0.290. The lowest BCUT2D eigenvalue weighted by Gasteiger charge is -2.40. The molecule has 0 saturated carbocycles. The topological polar surface area (TPSA) is 15.3 Å². The Morgan fingerprint density at radius 2 is 1.90 bits per heavy atom. The van der Waals surface area contributed by atoms with Gasteiger partial charge in [-0.25, -0.2) is 0 Å². The number of halogens is 3. The number of nitrogens with zero attached hydrogens (tertiary/aromatic N) is 1. The molecule has 1 fully saturated rings. The predicted molar refractivity (Wildman–Crippen MR) is 81.4 cm³/mol. The number of alkyl halides is 3. The highest BCUT2D eigenvalue weighted by Crippen LogP contribution is 2.34. The molecule has 1 rings (SSSR count). The van der Waals surface area contributed by atoms with Crippen molar-refractivity contribution in [2.45, 2.75) is 59.1 Å². The van der Waals surface area contributed by atoms with E-state index in [0.717, 1.165) is 45.4 Å². The summed E-state index contributed by atoms with van der Waals surface area (Å²) in [5.41, 5.74) is 0.0669. The van der Waals surface area contributed by atoms with E-state index in [0.29, 0.717) is 12.8 Å². The van der Waals surface area contributed by atoms with Crippen LogP contribution in [-0.2, 0) is 0 Å². The summed E-state index contributed by atoms with van der Waals surface area (Å²) in [6, 6.07) is 0. The monoisotopic (exact) mass is 308 g/mol. The lowest BCUT2D eigenvalue weighted by molar-refractivity contribution is -0.187. The standard InChI is InChI=1S/C16H31F3N2/c1-4-8-15(3,12-20-9-5-2)13-21-10-6-7-14(11-21)16(17,18)19/h14,20H,4-13H2,1-3H3. The van der Waals surface area contributed by atoms with Gasteiger partial charge in [-0.1, -0.05) is 27.2 Å². The van der Waals surface area contributed by atoms with Crippen LogP contribution in [0.15, 0.2) is 0 Å². The summed E-state index contributed by atoms with van der Waals surface area (Å²) in [4.78, 5) is 2.03. The fraction of sp³-hybridized carbons (Fsp3) is 1.00. The van der Waals surface area contributed by atoms with Crippen molar-refractivity contribution in [1.29, 1.82) is 0 Å². The zero-order valence-corrected chi connectivity index (χ0v) is 13.7. The number of hydrogen-bond acceptors (Lipinski definition) is 2. The van der Waals surface area contributed by atoms with Gasteiger partial charge in [-0.3, -0.25) is 0 Å². The summed E-state index contributed by atoms with van der Waals surface area (Å²) in [7, 11) is 0. The van der Waals surface area contributed by atoms with Crippen molar-refractivity contribution in [3.63, 3.8) is 0 Å². The SMILES string of the molecule is CCCNCC(C)(CCC)CN1CCCC(C(F)(F)F)C1. The first-order valence-corrected chi connectivity index (χ1v) is 8.30. The lowest BCUT2D eigenvalue weighted by atomic mass is 9.83. The molecule has 0 radical (unpaired) electrons. The minimum Gasteiger partial charge on any atom is -0.316 e. The molecule has 0 bridgehead atoms. The number of nitrogens with one attached hydrogen (secondary N) is 1. The van der Waals surface area contributed by atoms with Crippen LogP contribution in [0, 0.1) is 11.3 Å². The maximum absolute atomic E-state index is 12.9. The molecule has 1 aliphatic heterocycles. The van der Waals surface area contributed by atoms with Gasteiger partial charge in [0.1, 0.15) is 0 Å². The Morgan fingerprint density at radius 1 is 1.19 bits per heavy atom. The molecule has 0 aromatic carbocycles. The molecule has 5 heteroatoms. The van der Waals surface area contributed by atoms with E-state index in [2.05, 4.69) is 26.1 Å². The van der Waals surface area contributed by atoms with Gasteiger partial charge in [0.05, 0.1) is 5.92 Å². The molecule has 0 aliphatic carbocycles. The predicted octanol–water partition coefficient (Wildman–Crippen LogP) is 4.07. The van der Waals surface area contributed by atoms with Gasteiger partial charge < -0.3 is 10.2 Å². The highest BCUT2D eigenvalue weighted by Gasteiger charge is 2.42. The number of piperidine rings is 1. The van der Waals surface area contributed by atoms with Gasteiger partial charge in [0, 0.05) is 19.6 Å². The summed E-state index contributed by atoms with van der Waals surface area (Å²) in [6.45, 7) is 10.1. The second-order valence-electron chi connectivity index (χ2n) is 6.85. The molecule has 0 aromatic rings. The Balaban J connectivity index is 2.57. The van der Waals surface area contributed by atoms with Crippen molar-refractivity contribution >= 4 is 0 Å². The molecule has 1 saturated heterocycles. The van der Waals surface area contributed by atoms with E-state index in [1.54, 1.807) is 0 Å². The summed E-state index contributed by atoms with van der Waals surface area (Å²) >= 11 is 0. The van der Waals surface area contributed by atoms with E-state index >= 15 is 0 Å². The van der Waals surface area contributed by atoms with Crippen LogP contribution < -0.4 is 5.32 Å². The second kappa shape index (κ2) is 8.37. The van der Waals surface area contributed by atoms with Gasteiger partial charge in [-0.2, -0.15) is 13.2 Å². The van der Waals surface area contributed by atoms with Gasteiger partial charge >= 0.3 is 6.18 Å². The summed E-state index contributed by atoms with van der Waals surface area (Å²) < 4.78 is 38.7. The van der Waals surface area contributed by atoms with Crippen LogP contribution in [0.5, 0.6) is 0 Å². The maximum Gasteiger partial charge on any atom is 0.393 e. The molecule has 1 N–H and O–H groups in total. The highest BCUT2D eigenvalue weighted by molar-refractivity contribution is 4.85. The van der Waals surface area contributed by atoms with E-state index in [9.17, 15) is 13.2 Å². The molecule has 0 aromatic heterocycles. The molecule has 2 atom stereocenters. The van der Waals surface area contributed by atoms with Gasteiger partial charge in [0.15, 0.2) is 0 Å². The van der Waals surface area contributed by atoms with Crippen molar-refractivity contribution in [2.24, 2.45) is 11.3 Å². The van der Waals surface area contributed by atoms with Gasteiger partial charge in [0.25, 0.3) is 0 Å². The maximum atomic E-state index is 12.9. The van der Waals surface area contributed by atoms with Crippen LogP contribution in [-0.4, -0.2) is 43.8 Å². The quantitative estimate of drug-likeness (QED) is 0.680. The van der Waals surface area contributed by atoms with Crippen LogP contribution in [0.4, 0.5) is 13.2 Å². The third-order valence-corrected chi connectivity index (χ3v) is 4.41. The summed E-state index contributed by atoms with van der Waals surface area (Å²) in [5.74, 6) is -1.14. The molecule has 1 heterocycles. The van der Waals surface area contributed by atoms with Crippen molar-refractivity contribution in [1.82, 2.24) is 10.2 Å². The van der Waals surface area contributed by atoms with E-state index in [4.69, 9.17) is 0 Å². The minimum atomic E-state index is -4.04. The second-order valence-corrected chi connectivity index (χ2v) is 6.85. The first-order valence-electron chi connectivity index (χ1n) is 8.30. The van der Waals surface area contributed by atoms with Gasteiger partial charge in [-0.05, 0) is 44.2 Å². The van der Waals surface area contributed by atoms with Crippen LogP contribution in [0.1, 0.15) is 52.9 Å². The van der Waals surface area contributed by atoms with Gasteiger partial charge in [-0.15, -0.1) is 0 Å². The first-order chi connectivity index (χ1) is 9.80. The zero-order valence-electron chi connectivity index (χ0n) is 13.7. The minimum absolute atomic E-state index is 0.0669. The summed E-state index contributed by atoms with van der Waals surface area (Å²) in [6.07, 6.45) is 0.118. The smallest absolute Gasteiger partial charge is 0.316 e. The van der Waals surface area contributed by atoms with E-state index in [1.807, 2.05) is 4.90 Å². The fourth-order valence-corrected chi connectivity index (χ4v) is 3.40. The van der Waals surface area contributed by atoms with Gasteiger partial charge in [0.2, 0.25) is 0 Å². The van der Waals surface area contributed by atoms with Crippen LogP contribution in [0.3, 0.4) is 0 Å². The Bertz CT molecular complexity index is 294. The molecular formula is C16H31F3N2. The van der Waals surface area contributed by atoms with E-state index in [-0.39, 0.29) is 12.0 Å². The molecular weight excluding hydrogens is 277 g/mol. The average Bonchev–Trinajstić information content (AvgIpc) is 2.38. The Labute approximate surface area is 127 Å². The molecule has 21 heavy (non-hydrogen) atoms. The van der Waals surface area contributed by atoms with Crippen molar-refractivity contribution in [3.05, 3.63) is 0 Å². The molecule has 126 valence electrons. The van der Waals surface area contributed by atoms with Crippen LogP contribution >= 0.6 is 0 Å². The number of likely N-dealkylation sites (tertiary alicyclic amines) is 1. The van der Waals surface area contributed by atoms with Crippen LogP contribution in [0.25, 0.3) is 0 Å². The highest BCUT2D eigenvalue weighted by atomic mass is 19.4. The number of rotatable bonds is 8.